The van der Waals surface area contributed by atoms with Gasteiger partial charge in [0.1, 0.15) is 29.6 Å². The summed E-state index contributed by atoms with van der Waals surface area (Å²) in [6, 6.07) is 11.6. The van der Waals surface area contributed by atoms with Gasteiger partial charge in [-0.15, -0.1) is 0 Å². The number of hydrogen-bond donors (Lipinski definition) is 1. The van der Waals surface area contributed by atoms with Crippen LogP contribution in [-0.2, 0) is 6.61 Å². The monoisotopic (exact) mass is 283 g/mol. The fourth-order valence-corrected chi connectivity index (χ4v) is 2.13. The van der Waals surface area contributed by atoms with Crippen LogP contribution in [0.4, 0.5) is 5.82 Å². The summed E-state index contributed by atoms with van der Waals surface area (Å²) >= 11 is 0. The van der Waals surface area contributed by atoms with Crippen molar-refractivity contribution in [3.05, 3.63) is 53.9 Å². The number of nitrogens with zero attached hydrogens (tertiary/aromatic N) is 2. The van der Waals surface area contributed by atoms with E-state index in [2.05, 4.69) is 4.98 Å². The molecule has 0 fully saturated rings. The first-order chi connectivity index (χ1) is 10.2. The number of rotatable bonds is 4. The lowest BCUT2D eigenvalue weighted by Crippen LogP contribution is -1.97. The molecule has 0 saturated carbocycles. The van der Waals surface area contributed by atoms with Gasteiger partial charge in [0, 0.05) is 0 Å². The van der Waals surface area contributed by atoms with E-state index in [1.807, 2.05) is 53.9 Å². The first kappa shape index (κ1) is 13.3. The van der Waals surface area contributed by atoms with Gasteiger partial charge in [-0.2, -0.15) is 0 Å². The van der Waals surface area contributed by atoms with Gasteiger partial charge in [-0.1, -0.05) is 12.1 Å². The van der Waals surface area contributed by atoms with E-state index in [1.165, 1.54) is 0 Å². The van der Waals surface area contributed by atoms with E-state index in [9.17, 15) is 0 Å². The summed E-state index contributed by atoms with van der Waals surface area (Å²) in [7, 11) is 1.65. The fourth-order valence-electron chi connectivity index (χ4n) is 2.13. The fraction of sp³-hybridized carbons (Fsp3) is 0.188. The van der Waals surface area contributed by atoms with Gasteiger partial charge in [-0.3, -0.25) is 4.40 Å². The first-order valence-corrected chi connectivity index (χ1v) is 6.67. The molecule has 2 aromatic heterocycles. The van der Waals surface area contributed by atoms with Gasteiger partial charge in [0.15, 0.2) is 0 Å². The highest BCUT2D eigenvalue weighted by Crippen LogP contribution is 2.20. The van der Waals surface area contributed by atoms with Crippen LogP contribution in [0.15, 0.2) is 42.6 Å². The van der Waals surface area contributed by atoms with Gasteiger partial charge >= 0.3 is 0 Å². The molecule has 1 aromatic carbocycles. The van der Waals surface area contributed by atoms with Gasteiger partial charge < -0.3 is 15.2 Å². The number of anilines is 1. The zero-order valence-electron chi connectivity index (χ0n) is 12.0. The number of ether oxygens (including phenoxy) is 2. The average Bonchev–Trinajstić information content (AvgIpc) is 2.80. The molecule has 0 radical (unpaired) electrons. The van der Waals surface area contributed by atoms with Crippen LogP contribution >= 0.6 is 0 Å². The zero-order valence-corrected chi connectivity index (χ0v) is 12.0. The number of nitrogens with two attached hydrogens (primary N) is 1. The first-order valence-electron chi connectivity index (χ1n) is 6.67. The number of benzene rings is 1. The Kier molecular flexibility index (Phi) is 3.39. The molecule has 0 amide bonds. The topological polar surface area (TPSA) is 61.8 Å². The Bertz CT molecular complexity index is 763. The molecule has 2 N–H and O–H groups in total. The van der Waals surface area contributed by atoms with Crippen molar-refractivity contribution < 1.29 is 9.47 Å². The van der Waals surface area contributed by atoms with E-state index in [1.54, 1.807) is 7.11 Å². The molecule has 3 rings (SSSR count). The van der Waals surface area contributed by atoms with Gasteiger partial charge in [0.05, 0.1) is 19.0 Å². The number of aryl methyl sites for hydroxylation is 1. The summed E-state index contributed by atoms with van der Waals surface area (Å²) in [5.74, 6) is 2.16. The summed E-state index contributed by atoms with van der Waals surface area (Å²) in [4.78, 5) is 4.26. The summed E-state index contributed by atoms with van der Waals surface area (Å²) in [5, 5.41) is 0. The third-order valence-corrected chi connectivity index (χ3v) is 3.43. The van der Waals surface area contributed by atoms with E-state index >= 15 is 0 Å². The molecule has 0 bridgehead atoms. The molecule has 0 aliphatic heterocycles. The molecule has 21 heavy (non-hydrogen) atoms. The Hall–Kier alpha value is -2.69. The van der Waals surface area contributed by atoms with Crippen LogP contribution in [0.5, 0.6) is 11.5 Å². The minimum absolute atomic E-state index is 0.499. The standard InChI is InChI=1S/C16H17N3O2/c1-11-16(17)18-15-8-7-14(9-19(11)15)21-10-12-3-5-13(20-2)6-4-12/h3-9H,10,17H2,1-2H3. The van der Waals surface area contributed by atoms with E-state index in [0.29, 0.717) is 12.4 Å². The van der Waals surface area contributed by atoms with Crippen molar-refractivity contribution in [2.75, 3.05) is 12.8 Å². The number of hydrogen-bond acceptors (Lipinski definition) is 4. The second-order valence-corrected chi connectivity index (χ2v) is 4.81. The summed E-state index contributed by atoms with van der Waals surface area (Å²) in [6.07, 6.45) is 1.90. The Morgan fingerprint density at radius 2 is 1.81 bits per heavy atom. The summed E-state index contributed by atoms with van der Waals surface area (Å²) < 4.78 is 12.9. The Labute approximate surface area is 122 Å². The van der Waals surface area contributed by atoms with E-state index < -0.39 is 0 Å². The molecule has 0 saturated heterocycles. The van der Waals surface area contributed by atoms with Crippen LogP contribution in [0.3, 0.4) is 0 Å². The Balaban J connectivity index is 1.76. The molecule has 0 unspecified atom stereocenters. The molecule has 0 spiro atoms. The maximum absolute atomic E-state index is 5.81. The lowest BCUT2D eigenvalue weighted by molar-refractivity contribution is 0.304. The average molecular weight is 283 g/mol. The molecule has 0 atom stereocenters. The van der Waals surface area contributed by atoms with Crippen molar-refractivity contribution >= 4 is 11.5 Å². The minimum Gasteiger partial charge on any atom is -0.497 e. The number of fused-ring (bicyclic) bond motifs is 1. The van der Waals surface area contributed by atoms with Gasteiger partial charge in [-0.05, 0) is 36.8 Å². The molecule has 2 heterocycles. The maximum Gasteiger partial charge on any atom is 0.145 e. The van der Waals surface area contributed by atoms with Crippen molar-refractivity contribution in [3.8, 4) is 11.5 Å². The predicted molar refractivity (Wildman–Crippen MR) is 81.7 cm³/mol. The van der Waals surface area contributed by atoms with Gasteiger partial charge in [0.25, 0.3) is 0 Å². The molecular weight excluding hydrogens is 266 g/mol. The van der Waals surface area contributed by atoms with E-state index in [-0.39, 0.29) is 0 Å². The number of methoxy groups -OCH3 is 1. The predicted octanol–water partition coefficient (Wildman–Crippen LogP) is 2.81. The number of pyridine rings is 1. The highest BCUT2D eigenvalue weighted by Gasteiger charge is 2.06. The zero-order chi connectivity index (χ0) is 14.8. The van der Waals surface area contributed by atoms with Crippen LogP contribution in [0.1, 0.15) is 11.3 Å². The van der Waals surface area contributed by atoms with Crippen molar-refractivity contribution in [3.63, 3.8) is 0 Å². The van der Waals surface area contributed by atoms with E-state index in [0.717, 1.165) is 28.4 Å². The normalized spacial score (nSPS) is 10.8. The third kappa shape index (κ3) is 2.63. The van der Waals surface area contributed by atoms with Crippen molar-refractivity contribution in [1.82, 2.24) is 9.38 Å². The largest absolute Gasteiger partial charge is 0.497 e. The van der Waals surface area contributed by atoms with Crippen LogP contribution in [0.2, 0.25) is 0 Å². The molecule has 5 heteroatoms. The van der Waals surface area contributed by atoms with Crippen LogP contribution < -0.4 is 15.2 Å². The van der Waals surface area contributed by atoms with Crippen molar-refractivity contribution in [1.29, 1.82) is 0 Å². The second kappa shape index (κ2) is 5.36. The number of nitrogen functional groups attached to an aromatic ring is 1. The third-order valence-electron chi connectivity index (χ3n) is 3.43. The van der Waals surface area contributed by atoms with Crippen LogP contribution in [0, 0.1) is 6.92 Å². The molecular formula is C16H17N3O2. The van der Waals surface area contributed by atoms with Crippen LogP contribution in [0.25, 0.3) is 5.65 Å². The highest BCUT2D eigenvalue weighted by molar-refractivity contribution is 5.52. The number of aromatic nitrogens is 2. The smallest absolute Gasteiger partial charge is 0.145 e. The number of imidazole rings is 1. The second-order valence-electron chi connectivity index (χ2n) is 4.81. The molecule has 108 valence electrons. The van der Waals surface area contributed by atoms with Gasteiger partial charge in [0.2, 0.25) is 0 Å². The van der Waals surface area contributed by atoms with E-state index in [4.69, 9.17) is 15.2 Å². The summed E-state index contributed by atoms with van der Waals surface area (Å²) in [6.45, 7) is 2.43. The van der Waals surface area contributed by atoms with Gasteiger partial charge in [-0.25, -0.2) is 4.98 Å². The minimum atomic E-state index is 0.499. The summed E-state index contributed by atoms with van der Waals surface area (Å²) in [5.41, 5.74) is 8.63. The molecule has 3 aromatic rings. The maximum atomic E-state index is 5.81. The molecule has 5 nitrogen and oxygen atoms in total. The molecule has 0 aliphatic carbocycles. The Morgan fingerprint density at radius 3 is 2.52 bits per heavy atom. The highest BCUT2D eigenvalue weighted by atomic mass is 16.5. The SMILES string of the molecule is COc1ccc(COc2ccc3nc(N)c(C)n3c2)cc1. The van der Waals surface area contributed by atoms with Crippen molar-refractivity contribution in [2.24, 2.45) is 0 Å². The lowest BCUT2D eigenvalue weighted by Gasteiger charge is -2.08. The lowest BCUT2D eigenvalue weighted by atomic mass is 10.2. The van der Waals surface area contributed by atoms with Crippen LogP contribution in [-0.4, -0.2) is 16.5 Å². The quantitative estimate of drug-likeness (QED) is 0.799. The Morgan fingerprint density at radius 1 is 1.10 bits per heavy atom. The molecule has 0 aliphatic rings. The van der Waals surface area contributed by atoms with Crippen molar-refractivity contribution in [2.45, 2.75) is 13.5 Å².